The van der Waals surface area contributed by atoms with Gasteiger partial charge in [0.2, 0.25) is 0 Å². The van der Waals surface area contributed by atoms with Crippen molar-refractivity contribution in [3.8, 4) is 17.3 Å². The van der Waals surface area contributed by atoms with Gasteiger partial charge in [0.05, 0.1) is 12.8 Å². The van der Waals surface area contributed by atoms with Crippen molar-refractivity contribution in [2.75, 3.05) is 7.11 Å². The van der Waals surface area contributed by atoms with Crippen LogP contribution in [0.1, 0.15) is 11.3 Å². The first-order valence-electron chi connectivity index (χ1n) is 5.16. The van der Waals surface area contributed by atoms with E-state index in [9.17, 15) is 0 Å². The normalized spacial score (nSPS) is 10.2. The van der Waals surface area contributed by atoms with Gasteiger partial charge in [-0.05, 0) is 26.0 Å². The van der Waals surface area contributed by atoms with Crippen LogP contribution in [-0.4, -0.2) is 17.1 Å². The van der Waals surface area contributed by atoms with Crippen molar-refractivity contribution in [2.24, 2.45) is 0 Å². The van der Waals surface area contributed by atoms with Gasteiger partial charge in [-0.15, -0.1) is 0 Å². The predicted molar refractivity (Wildman–Crippen MR) is 63.5 cm³/mol. The summed E-state index contributed by atoms with van der Waals surface area (Å²) in [5.41, 5.74) is 4.10. The van der Waals surface area contributed by atoms with Crippen LogP contribution in [-0.2, 0) is 0 Å². The van der Waals surface area contributed by atoms with Gasteiger partial charge >= 0.3 is 6.01 Å². The van der Waals surface area contributed by atoms with Gasteiger partial charge in [0.25, 0.3) is 0 Å². The molecule has 3 nitrogen and oxygen atoms in total. The molecule has 1 aromatic carbocycles. The highest BCUT2D eigenvalue weighted by atomic mass is 16.5. The molecule has 0 aliphatic rings. The highest BCUT2D eigenvalue weighted by molar-refractivity contribution is 5.60. The van der Waals surface area contributed by atoms with Gasteiger partial charge in [-0.25, -0.2) is 4.98 Å². The van der Waals surface area contributed by atoms with Gasteiger partial charge in [-0.1, -0.05) is 23.8 Å². The molecule has 0 amide bonds. The Kier molecular flexibility index (Phi) is 2.86. The van der Waals surface area contributed by atoms with E-state index in [1.54, 1.807) is 7.11 Å². The molecule has 0 bridgehead atoms. The van der Waals surface area contributed by atoms with Gasteiger partial charge in [0.1, 0.15) is 0 Å². The van der Waals surface area contributed by atoms with Crippen molar-refractivity contribution in [3.05, 3.63) is 41.6 Å². The quantitative estimate of drug-likeness (QED) is 0.771. The van der Waals surface area contributed by atoms with Crippen LogP contribution in [0.3, 0.4) is 0 Å². The summed E-state index contributed by atoms with van der Waals surface area (Å²) in [6.45, 7) is 4.00. The van der Waals surface area contributed by atoms with Crippen LogP contribution in [0, 0.1) is 13.8 Å². The third-order valence-electron chi connectivity index (χ3n) is 2.33. The number of benzene rings is 1. The van der Waals surface area contributed by atoms with E-state index in [1.165, 1.54) is 5.56 Å². The Morgan fingerprint density at radius 3 is 2.56 bits per heavy atom. The van der Waals surface area contributed by atoms with E-state index in [4.69, 9.17) is 4.74 Å². The molecule has 0 saturated heterocycles. The van der Waals surface area contributed by atoms with E-state index < -0.39 is 0 Å². The standard InChI is InChI=1S/C13H14N2O/c1-9-5-4-6-11(7-9)12-8-10(2)14-13(15-12)16-3/h4-8H,1-3H3. The molecular formula is C13H14N2O. The maximum atomic E-state index is 5.07. The molecule has 0 aliphatic carbocycles. The number of hydrogen-bond donors (Lipinski definition) is 0. The largest absolute Gasteiger partial charge is 0.467 e. The summed E-state index contributed by atoms with van der Waals surface area (Å²) >= 11 is 0. The fourth-order valence-corrected chi connectivity index (χ4v) is 1.58. The van der Waals surface area contributed by atoms with Crippen LogP contribution in [0.5, 0.6) is 6.01 Å². The summed E-state index contributed by atoms with van der Waals surface area (Å²) < 4.78 is 5.07. The molecule has 0 unspecified atom stereocenters. The molecule has 1 heterocycles. The van der Waals surface area contributed by atoms with E-state index >= 15 is 0 Å². The minimum Gasteiger partial charge on any atom is -0.467 e. The van der Waals surface area contributed by atoms with Crippen LogP contribution >= 0.6 is 0 Å². The summed E-state index contributed by atoms with van der Waals surface area (Å²) in [6, 6.07) is 10.6. The highest BCUT2D eigenvalue weighted by Gasteiger charge is 2.04. The Balaban J connectivity index is 2.51. The molecule has 1 aromatic heterocycles. The first kappa shape index (κ1) is 10.6. The Morgan fingerprint density at radius 1 is 1.06 bits per heavy atom. The lowest BCUT2D eigenvalue weighted by atomic mass is 10.1. The number of aromatic nitrogens is 2. The van der Waals surface area contributed by atoms with E-state index in [2.05, 4.69) is 29.0 Å². The van der Waals surface area contributed by atoms with Gasteiger partial charge in [0.15, 0.2) is 0 Å². The Labute approximate surface area is 95.1 Å². The molecule has 0 spiro atoms. The molecule has 0 aliphatic heterocycles. The van der Waals surface area contributed by atoms with Crippen LogP contribution in [0.25, 0.3) is 11.3 Å². The second-order valence-corrected chi connectivity index (χ2v) is 3.75. The van der Waals surface area contributed by atoms with Gasteiger partial charge < -0.3 is 4.74 Å². The van der Waals surface area contributed by atoms with Crippen molar-refractivity contribution in [1.29, 1.82) is 0 Å². The first-order chi connectivity index (χ1) is 7.69. The van der Waals surface area contributed by atoms with E-state index in [-0.39, 0.29) is 0 Å². The molecule has 2 rings (SSSR count). The molecule has 0 fully saturated rings. The molecule has 0 N–H and O–H groups in total. The second-order valence-electron chi connectivity index (χ2n) is 3.75. The average molecular weight is 214 g/mol. The number of methoxy groups -OCH3 is 1. The van der Waals surface area contributed by atoms with Crippen LogP contribution in [0.2, 0.25) is 0 Å². The third kappa shape index (κ3) is 2.19. The number of nitrogens with zero attached hydrogens (tertiary/aromatic N) is 2. The molecule has 0 radical (unpaired) electrons. The van der Waals surface area contributed by atoms with Gasteiger partial charge in [-0.2, -0.15) is 4.98 Å². The topological polar surface area (TPSA) is 35.0 Å². The zero-order valence-electron chi connectivity index (χ0n) is 9.69. The lowest BCUT2D eigenvalue weighted by Crippen LogP contribution is -1.96. The summed E-state index contributed by atoms with van der Waals surface area (Å²) in [5.74, 6) is 0. The molecule has 16 heavy (non-hydrogen) atoms. The van der Waals surface area contributed by atoms with Crippen molar-refractivity contribution in [2.45, 2.75) is 13.8 Å². The maximum absolute atomic E-state index is 5.07. The zero-order chi connectivity index (χ0) is 11.5. The number of ether oxygens (including phenoxy) is 1. The zero-order valence-corrected chi connectivity index (χ0v) is 9.69. The van der Waals surface area contributed by atoms with Crippen molar-refractivity contribution < 1.29 is 4.74 Å². The van der Waals surface area contributed by atoms with Crippen molar-refractivity contribution >= 4 is 0 Å². The molecule has 0 atom stereocenters. The van der Waals surface area contributed by atoms with Gasteiger partial charge in [-0.3, -0.25) is 0 Å². The lowest BCUT2D eigenvalue weighted by molar-refractivity contribution is 0.379. The summed E-state index contributed by atoms with van der Waals surface area (Å²) in [5, 5.41) is 0. The smallest absolute Gasteiger partial charge is 0.316 e. The van der Waals surface area contributed by atoms with E-state index in [0.717, 1.165) is 17.0 Å². The lowest BCUT2D eigenvalue weighted by Gasteiger charge is -2.05. The summed E-state index contributed by atoms with van der Waals surface area (Å²) in [6.07, 6.45) is 0. The van der Waals surface area contributed by atoms with Crippen LogP contribution in [0.15, 0.2) is 30.3 Å². The van der Waals surface area contributed by atoms with Crippen molar-refractivity contribution in [3.63, 3.8) is 0 Å². The Morgan fingerprint density at radius 2 is 1.88 bits per heavy atom. The van der Waals surface area contributed by atoms with E-state index in [0.29, 0.717) is 6.01 Å². The first-order valence-corrected chi connectivity index (χ1v) is 5.16. The third-order valence-corrected chi connectivity index (χ3v) is 2.33. The number of rotatable bonds is 2. The second kappa shape index (κ2) is 4.31. The SMILES string of the molecule is COc1nc(C)cc(-c2cccc(C)c2)n1. The van der Waals surface area contributed by atoms with Crippen LogP contribution < -0.4 is 4.74 Å². The summed E-state index contributed by atoms with van der Waals surface area (Å²) in [4.78, 5) is 8.50. The molecule has 3 heteroatoms. The average Bonchev–Trinajstić information content (AvgIpc) is 2.28. The molecule has 0 saturated carbocycles. The Bertz CT molecular complexity index is 509. The van der Waals surface area contributed by atoms with Gasteiger partial charge in [0, 0.05) is 11.3 Å². The molecule has 82 valence electrons. The number of aryl methyl sites for hydroxylation is 2. The minimum absolute atomic E-state index is 0.413. The van der Waals surface area contributed by atoms with Crippen molar-refractivity contribution in [1.82, 2.24) is 9.97 Å². The predicted octanol–water partition coefficient (Wildman–Crippen LogP) is 2.77. The fourth-order valence-electron chi connectivity index (χ4n) is 1.58. The molecular weight excluding hydrogens is 200 g/mol. The minimum atomic E-state index is 0.413. The Hall–Kier alpha value is -1.90. The number of hydrogen-bond acceptors (Lipinski definition) is 3. The fraction of sp³-hybridized carbons (Fsp3) is 0.231. The molecule has 2 aromatic rings. The monoisotopic (exact) mass is 214 g/mol. The van der Waals surface area contributed by atoms with E-state index in [1.807, 2.05) is 25.1 Å². The highest BCUT2D eigenvalue weighted by Crippen LogP contribution is 2.20. The maximum Gasteiger partial charge on any atom is 0.316 e. The van der Waals surface area contributed by atoms with Crippen LogP contribution in [0.4, 0.5) is 0 Å². The summed E-state index contributed by atoms with van der Waals surface area (Å²) in [7, 11) is 1.58.